The van der Waals surface area contributed by atoms with E-state index in [9.17, 15) is 19.7 Å². The Morgan fingerprint density at radius 3 is 2.47 bits per heavy atom. The van der Waals surface area contributed by atoms with Crippen LogP contribution in [0, 0.1) is 17.0 Å². The number of ketones is 1. The summed E-state index contributed by atoms with van der Waals surface area (Å²) in [5.74, 6) is 0.0658. The smallest absolute Gasteiger partial charge is 0.445 e. The van der Waals surface area contributed by atoms with Crippen molar-refractivity contribution in [1.29, 1.82) is 0 Å². The Morgan fingerprint density at radius 2 is 1.81 bits per heavy atom. The first-order valence-electron chi connectivity index (χ1n) is 13.5. The average Bonchev–Trinajstić information content (AvgIpc) is 3.64. The van der Waals surface area contributed by atoms with Gasteiger partial charge in [-0.2, -0.15) is 0 Å². The van der Waals surface area contributed by atoms with Crippen molar-refractivity contribution >= 4 is 45.1 Å². The van der Waals surface area contributed by atoms with Crippen LogP contribution in [0.2, 0.25) is 0 Å². The van der Waals surface area contributed by atoms with E-state index in [-0.39, 0.29) is 23.1 Å². The van der Waals surface area contributed by atoms with Gasteiger partial charge < -0.3 is 14.0 Å². The van der Waals surface area contributed by atoms with Crippen LogP contribution in [0.25, 0.3) is 21.8 Å². The van der Waals surface area contributed by atoms with Crippen LogP contribution < -0.4 is 4.74 Å². The van der Waals surface area contributed by atoms with Gasteiger partial charge in [0.05, 0.1) is 11.5 Å². The number of hydrogen-bond acceptors (Lipinski definition) is 9. The van der Waals surface area contributed by atoms with Crippen LogP contribution in [0.15, 0.2) is 78.5 Å². The lowest BCUT2D eigenvalue weighted by atomic mass is 9.96. The minimum Gasteiger partial charge on any atom is -0.488 e. The van der Waals surface area contributed by atoms with Gasteiger partial charge >= 0.3 is 6.09 Å². The van der Waals surface area contributed by atoms with E-state index in [4.69, 9.17) is 14.3 Å². The van der Waals surface area contributed by atoms with Crippen LogP contribution in [0.1, 0.15) is 35.3 Å². The summed E-state index contributed by atoms with van der Waals surface area (Å²) in [6.07, 6.45) is 3.02. The molecule has 0 fully saturated rings. The van der Waals surface area contributed by atoms with Crippen LogP contribution in [0.5, 0.6) is 5.75 Å². The molecule has 3 aromatic carbocycles. The lowest BCUT2D eigenvalue weighted by Crippen LogP contribution is -2.20. The van der Waals surface area contributed by atoms with Crippen LogP contribution in [0.3, 0.4) is 0 Å². The molecule has 0 saturated heterocycles. The number of methoxy groups -OCH3 is 1. The van der Waals surface area contributed by atoms with Gasteiger partial charge in [-0.15, -0.1) is 0 Å². The Labute approximate surface area is 246 Å². The van der Waals surface area contributed by atoms with Gasteiger partial charge in [0.15, 0.2) is 5.71 Å². The molecule has 0 aliphatic heterocycles. The second-order valence-electron chi connectivity index (χ2n) is 9.89. The first-order chi connectivity index (χ1) is 20.7. The van der Waals surface area contributed by atoms with Crippen molar-refractivity contribution in [2.75, 3.05) is 13.7 Å². The fraction of sp³-hybridized carbons (Fsp3) is 0.226. The van der Waals surface area contributed by atoms with E-state index in [1.54, 1.807) is 56.5 Å². The summed E-state index contributed by atoms with van der Waals surface area (Å²) in [6.45, 7) is 6.67. The zero-order chi connectivity index (χ0) is 30.7. The van der Waals surface area contributed by atoms with E-state index < -0.39 is 16.8 Å². The molecular formula is C31H29N5O7. The van der Waals surface area contributed by atoms with Gasteiger partial charge in [-0.3, -0.25) is 19.7 Å². The zero-order valence-corrected chi connectivity index (χ0v) is 24.0. The molecule has 12 heteroatoms. The highest BCUT2D eigenvalue weighted by atomic mass is 16.7. The highest BCUT2D eigenvalue weighted by Gasteiger charge is 2.23. The van der Waals surface area contributed by atoms with Crippen molar-refractivity contribution in [2.24, 2.45) is 5.16 Å². The van der Waals surface area contributed by atoms with Crippen LogP contribution in [-0.4, -0.2) is 56.5 Å². The molecule has 5 aromatic rings. The van der Waals surface area contributed by atoms with E-state index in [0.717, 1.165) is 15.6 Å². The van der Waals surface area contributed by atoms with Gasteiger partial charge in [0.1, 0.15) is 18.2 Å². The Kier molecular flexibility index (Phi) is 8.30. The van der Waals surface area contributed by atoms with Gasteiger partial charge in [0.2, 0.25) is 5.78 Å². The summed E-state index contributed by atoms with van der Waals surface area (Å²) in [4.78, 5) is 46.7. The fourth-order valence-corrected chi connectivity index (χ4v) is 5.01. The molecule has 220 valence electrons. The lowest BCUT2D eigenvalue weighted by Gasteiger charge is -2.15. The molecular weight excluding hydrogens is 554 g/mol. The molecule has 43 heavy (non-hydrogen) atoms. The molecule has 2 aromatic heterocycles. The number of ether oxygens (including phenoxy) is 2. The second-order valence-corrected chi connectivity index (χ2v) is 9.89. The minimum atomic E-state index is -0.845. The molecule has 0 bridgehead atoms. The second kappa shape index (κ2) is 12.2. The van der Waals surface area contributed by atoms with Crippen molar-refractivity contribution in [3.63, 3.8) is 0 Å². The molecule has 0 aliphatic rings. The van der Waals surface area contributed by atoms with Gasteiger partial charge in [-0.25, -0.2) is 14.3 Å². The Bertz CT molecular complexity index is 1870. The number of benzene rings is 3. The fourth-order valence-electron chi connectivity index (χ4n) is 5.01. The van der Waals surface area contributed by atoms with Crippen LogP contribution in [0.4, 0.5) is 10.5 Å². The van der Waals surface area contributed by atoms with Crippen molar-refractivity contribution in [3.05, 3.63) is 100 Å². The molecule has 5 rings (SSSR count). The van der Waals surface area contributed by atoms with Gasteiger partial charge in [0, 0.05) is 71.1 Å². The lowest BCUT2D eigenvalue weighted by molar-refractivity contribution is -0.384. The third-order valence-corrected chi connectivity index (χ3v) is 6.97. The van der Waals surface area contributed by atoms with Crippen molar-refractivity contribution in [3.8, 4) is 5.75 Å². The molecule has 1 unspecified atom stereocenters. The summed E-state index contributed by atoms with van der Waals surface area (Å²) in [6, 6.07) is 15.0. The normalized spacial score (nSPS) is 12.4. The molecule has 0 radical (unpaired) electrons. The number of carbonyl (C=O) groups is 2. The third kappa shape index (κ3) is 5.86. The molecule has 0 amide bonds. The predicted octanol–water partition coefficient (Wildman–Crippen LogP) is 5.91. The average molecular weight is 584 g/mol. The first-order valence-corrected chi connectivity index (χ1v) is 13.5. The number of non-ortho nitro benzene ring substituents is 1. The Balaban J connectivity index is 1.59. The molecule has 0 saturated carbocycles. The maximum Gasteiger partial charge on any atom is 0.445 e. The summed E-state index contributed by atoms with van der Waals surface area (Å²) in [5.41, 5.74) is 2.83. The SMILES string of the molecule is CCn1c2ccc(C(=O)/C(=N/OC(=O)n3ccnc3)c3ccc(OC(C)COC)cc3C)cc2c2cc([N+](=O)[O-])ccc21. The minimum absolute atomic E-state index is 0.0502. The van der Waals surface area contributed by atoms with Gasteiger partial charge in [0.25, 0.3) is 5.69 Å². The number of nitrogens with zero attached hydrogens (tertiary/aromatic N) is 5. The van der Waals surface area contributed by atoms with E-state index in [0.29, 0.717) is 40.8 Å². The summed E-state index contributed by atoms with van der Waals surface area (Å²) in [7, 11) is 1.59. The number of imidazole rings is 1. The predicted molar refractivity (Wildman–Crippen MR) is 160 cm³/mol. The summed E-state index contributed by atoms with van der Waals surface area (Å²) >= 11 is 0. The summed E-state index contributed by atoms with van der Waals surface area (Å²) in [5, 5.41) is 16.8. The van der Waals surface area contributed by atoms with Gasteiger partial charge in [-0.05, 0) is 68.8 Å². The number of nitro benzene ring substituents is 1. The Morgan fingerprint density at radius 1 is 1.07 bits per heavy atom. The molecule has 0 N–H and O–H groups in total. The highest BCUT2D eigenvalue weighted by Crippen LogP contribution is 2.33. The quantitative estimate of drug-likeness (QED) is 0.0649. The van der Waals surface area contributed by atoms with Gasteiger partial charge in [-0.1, -0.05) is 5.16 Å². The maximum absolute atomic E-state index is 14.1. The number of aryl methyl sites for hydroxylation is 2. The van der Waals surface area contributed by atoms with E-state index in [2.05, 4.69) is 10.1 Å². The monoisotopic (exact) mass is 583 g/mol. The van der Waals surface area contributed by atoms with Crippen molar-refractivity contribution < 1.29 is 28.8 Å². The summed E-state index contributed by atoms with van der Waals surface area (Å²) < 4.78 is 14.1. The van der Waals surface area contributed by atoms with E-state index >= 15 is 0 Å². The first kappa shape index (κ1) is 29.1. The molecule has 0 aliphatic carbocycles. The number of oxime groups is 1. The Hall–Kier alpha value is -5.36. The van der Waals surface area contributed by atoms with E-state index in [1.807, 2.05) is 18.4 Å². The topological polar surface area (TPSA) is 140 Å². The molecule has 1 atom stereocenters. The zero-order valence-electron chi connectivity index (χ0n) is 24.0. The highest BCUT2D eigenvalue weighted by molar-refractivity contribution is 6.51. The van der Waals surface area contributed by atoms with Crippen LogP contribution in [-0.2, 0) is 16.1 Å². The maximum atomic E-state index is 14.1. The van der Waals surface area contributed by atoms with Crippen molar-refractivity contribution in [2.45, 2.75) is 33.4 Å². The number of carbonyl (C=O) groups excluding carboxylic acids is 2. The standard InChI is InChI=1S/C31H29N5O7/c1-5-35-27-10-6-21(15-25(27)26-16-22(36(39)40)7-11-28(26)35)30(37)29(33-43-31(38)34-13-12-32-18-34)24-9-8-23(14-19(24)2)42-20(3)17-41-4/h6-16,18,20H,5,17H2,1-4H3/b33-29+. The molecule has 12 nitrogen and oxygen atoms in total. The number of rotatable bonds is 10. The number of hydrogen-bond donors (Lipinski definition) is 0. The van der Waals surface area contributed by atoms with Crippen molar-refractivity contribution in [1.82, 2.24) is 14.1 Å². The van der Waals surface area contributed by atoms with E-state index in [1.165, 1.54) is 30.9 Å². The van der Waals surface area contributed by atoms with Crippen LogP contribution >= 0.6 is 0 Å². The molecule has 0 spiro atoms. The number of fused-ring (bicyclic) bond motifs is 3. The number of Topliss-reactive ketones (excluding diaryl/α,β-unsaturated/α-hetero) is 1. The number of nitro groups is 1. The molecule has 2 heterocycles. The largest absolute Gasteiger partial charge is 0.488 e. The number of aromatic nitrogens is 3. The third-order valence-electron chi connectivity index (χ3n) is 6.97.